The Kier molecular flexibility index (Phi) is 6.92. The lowest BCUT2D eigenvalue weighted by atomic mass is 9.90. The molecule has 7 nitrogen and oxygen atoms in total. The molecule has 0 radical (unpaired) electrons. The Balaban J connectivity index is 1.15. The summed E-state index contributed by atoms with van der Waals surface area (Å²) in [5.74, 6) is 1.93. The van der Waals surface area contributed by atoms with E-state index in [4.69, 9.17) is 19.0 Å². The number of oxime groups is 1. The van der Waals surface area contributed by atoms with E-state index in [2.05, 4.69) is 28.0 Å². The summed E-state index contributed by atoms with van der Waals surface area (Å²) in [4.78, 5) is 10.8. The second kappa shape index (κ2) is 10.3. The Labute approximate surface area is 205 Å². The van der Waals surface area contributed by atoms with Crippen LogP contribution in [0.3, 0.4) is 0 Å². The van der Waals surface area contributed by atoms with Gasteiger partial charge < -0.3 is 19.0 Å². The molecular weight excluding hydrogens is 449 g/mol. The van der Waals surface area contributed by atoms with Gasteiger partial charge in [-0.3, -0.25) is 9.80 Å². The number of hydrogen-bond donors (Lipinski definition) is 0. The van der Waals surface area contributed by atoms with Crippen LogP contribution in [0, 0.1) is 11.7 Å². The van der Waals surface area contributed by atoms with Gasteiger partial charge in [-0.2, -0.15) is 0 Å². The van der Waals surface area contributed by atoms with E-state index < -0.39 is 0 Å². The number of ether oxygens (including phenoxy) is 3. The maximum Gasteiger partial charge on any atom is 0.164 e. The smallest absolute Gasteiger partial charge is 0.164 e. The molecular formula is C27H32FN3O4. The van der Waals surface area contributed by atoms with Gasteiger partial charge in [0.25, 0.3) is 0 Å². The van der Waals surface area contributed by atoms with Gasteiger partial charge >= 0.3 is 0 Å². The van der Waals surface area contributed by atoms with Crippen molar-refractivity contribution in [3.05, 3.63) is 58.9 Å². The lowest BCUT2D eigenvalue weighted by Crippen LogP contribution is -2.50. The molecule has 3 aliphatic heterocycles. The van der Waals surface area contributed by atoms with Crippen molar-refractivity contribution in [1.29, 1.82) is 0 Å². The molecule has 0 bridgehead atoms. The third-order valence-corrected chi connectivity index (χ3v) is 6.90. The standard InChI is InChI=1S/C27H32FN3O4/c1-18(11-19-5-4-6-20(28)12-19)15-30-7-9-31(10-8-30)16-26-22-17-34-23-14-25(33-3)24(32-2)13-21(23)27(22)29-35-26/h4-6,11-14,22,26H,7-10,15-17H2,1-3H3/b18-11+/t22-,26-/m0/s1. The van der Waals surface area contributed by atoms with Crippen LogP contribution >= 0.6 is 0 Å². The van der Waals surface area contributed by atoms with Crippen molar-refractivity contribution in [2.24, 2.45) is 11.1 Å². The van der Waals surface area contributed by atoms with Gasteiger partial charge in [-0.25, -0.2) is 4.39 Å². The Morgan fingerprint density at radius 1 is 1.09 bits per heavy atom. The lowest BCUT2D eigenvalue weighted by molar-refractivity contribution is 0.0101. The molecule has 0 N–H and O–H groups in total. The Hall–Kier alpha value is -3.10. The topological polar surface area (TPSA) is 55.8 Å². The first kappa shape index (κ1) is 23.6. The van der Waals surface area contributed by atoms with Crippen LogP contribution in [0.15, 0.2) is 47.1 Å². The number of piperazine rings is 1. The van der Waals surface area contributed by atoms with Crippen LogP contribution in [0.1, 0.15) is 18.1 Å². The third-order valence-electron chi connectivity index (χ3n) is 6.90. The van der Waals surface area contributed by atoms with E-state index in [-0.39, 0.29) is 17.8 Å². The maximum atomic E-state index is 13.4. The van der Waals surface area contributed by atoms with Crippen molar-refractivity contribution < 1.29 is 23.4 Å². The summed E-state index contributed by atoms with van der Waals surface area (Å²) in [5.41, 5.74) is 3.97. The maximum absolute atomic E-state index is 13.4. The van der Waals surface area contributed by atoms with Crippen molar-refractivity contribution in [3.8, 4) is 17.2 Å². The molecule has 35 heavy (non-hydrogen) atoms. The minimum atomic E-state index is -0.202. The van der Waals surface area contributed by atoms with Gasteiger partial charge in [0.05, 0.1) is 20.1 Å². The van der Waals surface area contributed by atoms with E-state index in [0.29, 0.717) is 18.1 Å². The molecule has 0 saturated carbocycles. The van der Waals surface area contributed by atoms with Crippen molar-refractivity contribution in [2.75, 3.05) is 60.1 Å². The third kappa shape index (κ3) is 5.13. The van der Waals surface area contributed by atoms with Gasteiger partial charge in [-0.05, 0) is 30.7 Å². The molecule has 8 heteroatoms. The fourth-order valence-corrected chi connectivity index (χ4v) is 5.06. The zero-order valence-electron chi connectivity index (χ0n) is 20.5. The summed E-state index contributed by atoms with van der Waals surface area (Å²) in [5, 5.41) is 4.45. The minimum Gasteiger partial charge on any atom is -0.493 e. The Bertz CT molecular complexity index is 1130. The molecule has 2 atom stereocenters. The molecule has 2 aromatic carbocycles. The number of fused-ring (bicyclic) bond motifs is 3. The summed E-state index contributed by atoms with van der Waals surface area (Å²) in [6, 6.07) is 10.5. The first-order valence-corrected chi connectivity index (χ1v) is 12.0. The number of hydrogen-bond acceptors (Lipinski definition) is 7. The summed E-state index contributed by atoms with van der Waals surface area (Å²) in [7, 11) is 3.24. The van der Waals surface area contributed by atoms with Crippen molar-refractivity contribution in [3.63, 3.8) is 0 Å². The first-order valence-electron chi connectivity index (χ1n) is 12.0. The average molecular weight is 482 g/mol. The highest BCUT2D eigenvalue weighted by atomic mass is 19.1. The molecule has 186 valence electrons. The van der Waals surface area contributed by atoms with Crippen molar-refractivity contribution >= 4 is 11.8 Å². The van der Waals surface area contributed by atoms with Crippen LogP contribution in [0.4, 0.5) is 4.39 Å². The second-order valence-electron chi connectivity index (χ2n) is 9.36. The quantitative estimate of drug-likeness (QED) is 0.602. The van der Waals surface area contributed by atoms with Crippen LogP contribution in [-0.4, -0.2) is 81.7 Å². The fraction of sp³-hybridized carbons (Fsp3) is 0.444. The summed E-state index contributed by atoms with van der Waals surface area (Å²) < 4.78 is 30.4. The van der Waals surface area contributed by atoms with E-state index in [0.717, 1.165) is 61.9 Å². The molecule has 2 aromatic rings. The Morgan fingerprint density at radius 3 is 2.57 bits per heavy atom. The van der Waals surface area contributed by atoms with Crippen LogP contribution in [0.25, 0.3) is 6.08 Å². The first-order chi connectivity index (χ1) is 17.0. The van der Waals surface area contributed by atoms with Gasteiger partial charge in [-0.15, -0.1) is 0 Å². The molecule has 0 spiro atoms. The number of benzene rings is 2. The zero-order valence-corrected chi connectivity index (χ0v) is 20.5. The van der Waals surface area contributed by atoms with Crippen molar-refractivity contribution in [2.45, 2.75) is 13.0 Å². The van der Waals surface area contributed by atoms with E-state index in [1.807, 2.05) is 18.2 Å². The van der Waals surface area contributed by atoms with E-state index in [9.17, 15) is 4.39 Å². The van der Waals surface area contributed by atoms with Gasteiger partial charge in [0.1, 0.15) is 23.9 Å². The average Bonchev–Trinajstić information content (AvgIpc) is 3.27. The van der Waals surface area contributed by atoms with Crippen LogP contribution in [0.5, 0.6) is 17.2 Å². The molecule has 3 aliphatic rings. The lowest BCUT2D eigenvalue weighted by Gasteiger charge is -2.36. The van der Waals surface area contributed by atoms with Crippen LogP contribution in [0.2, 0.25) is 0 Å². The summed E-state index contributed by atoms with van der Waals surface area (Å²) >= 11 is 0. The number of methoxy groups -OCH3 is 2. The van der Waals surface area contributed by atoms with Crippen molar-refractivity contribution in [1.82, 2.24) is 9.80 Å². The molecule has 5 rings (SSSR count). The van der Waals surface area contributed by atoms with Gasteiger partial charge in [0, 0.05) is 50.9 Å². The molecule has 3 heterocycles. The highest BCUT2D eigenvalue weighted by molar-refractivity contribution is 6.06. The highest BCUT2D eigenvalue weighted by Gasteiger charge is 2.41. The molecule has 1 saturated heterocycles. The molecule has 0 aromatic heterocycles. The molecule has 0 unspecified atom stereocenters. The van der Waals surface area contributed by atoms with E-state index in [1.54, 1.807) is 26.4 Å². The normalized spacial score (nSPS) is 22.5. The fourth-order valence-electron chi connectivity index (χ4n) is 5.06. The SMILES string of the molecule is COc1cc2c(cc1OC)C1=NO[C@@H](CN3CCN(C/C(C)=C/c4cccc(F)c4)CC3)[C@@H]1CO2. The summed E-state index contributed by atoms with van der Waals surface area (Å²) in [6.07, 6.45) is 2.03. The van der Waals surface area contributed by atoms with Crippen LogP contribution in [-0.2, 0) is 4.84 Å². The number of rotatable bonds is 7. The molecule has 0 amide bonds. The summed E-state index contributed by atoms with van der Waals surface area (Å²) in [6.45, 7) is 8.25. The predicted octanol–water partition coefficient (Wildman–Crippen LogP) is 3.68. The monoisotopic (exact) mass is 481 g/mol. The largest absolute Gasteiger partial charge is 0.493 e. The van der Waals surface area contributed by atoms with Gasteiger partial charge in [0.2, 0.25) is 0 Å². The van der Waals surface area contributed by atoms with E-state index >= 15 is 0 Å². The number of nitrogens with zero attached hydrogens (tertiary/aromatic N) is 3. The van der Waals surface area contributed by atoms with Gasteiger partial charge in [0.15, 0.2) is 17.6 Å². The van der Waals surface area contributed by atoms with Gasteiger partial charge in [-0.1, -0.05) is 28.9 Å². The number of halogens is 1. The zero-order chi connectivity index (χ0) is 24.4. The predicted molar refractivity (Wildman–Crippen MR) is 133 cm³/mol. The molecule has 1 fully saturated rings. The molecule has 0 aliphatic carbocycles. The second-order valence-corrected chi connectivity index (χ2v) is 9.36. The minimum absolute atomic E-state index is 0.0348. The van der Waals surface area contributed by atoms with Crippen LogP contribution < -0.4 is 14.2 Å². The highest BCUT2D eigenvalue weighted by Crippen LogP contribution is 2.40. The Morgan fingerprint density at radius 2 is 1.83 bits per heavy atom. The van der Waals surface area contributed by atoms with E-state index in [1.165, 1.54) is 11.6 Å².